The molecule has 0 aromatic carbocycles. The Morgan fingerprint density at radius 1 is 0.288 bits per heavy atom. The number of hydrogen-bond donors (Lipinski definition) is 0. The first kappa shape index (κ1) is 64.4. The Bertz CT molecular complexity index is 1010. The minimum atomic E-state index is -0.762. The van der Waals surface area contributed by atoms with Gasteiger partial charge in [0, 0.05) is 19.3 Å². The first-order valence-corrected chi connectivity index (χ1v) is 29.7. The Labute approximate surface area is 412 Å². The minimum absolute atomic E-state index is 0.0624. The van der Waals surface area contributed by atoms with E-state index in [0.717, 1.165) is 69.6 Å². The van der Waals surface area contributed by atoms with Crippen molar-refractivity contribution in [2.75, 3.05) is 13.2 Å². The summed E-state index contributed by atoms with van der Waals surface area (Å²) in [4.78, 5) is 38.1. The number of unbranched alkanes of at least 4 members (excludes halogenated alkanes) is 39. The van der Waals surface area contributed by atoms with Crippen LogP contribution in [0.15, 0.2) is 0 Å². The highest BCUT2D eigenvalue weighted by Gasteiger charge is 2.19. The second kappa shape index (κ2) is 52.8. The molecule has 0 saturated carbocycles. The summed E-state index contributed by atoms with van der Waals surface area (Å²) in [6.07, 6.45) is 56.7. The predicted molar refractivity (Wildman–Crippen MR) is 284 cm³/mol. The summed E-state index contributed by atoms with van der Waals surface area (Å²) >= 11 is 0. The lowest BCUT2D eigenvalue weighted by Gasteiger charge is -2.18. The van der Waals surface area contributed by atoms with Crippen molar-refractivity contribution in [1.29, 1.82) is 0 Å². The molecule has 0 radical (unpaired) electrons. The molecular formula is C60H116O6. The van der Waals surface area contributed by atoms with Gasteiger partial charge in [-0.3, -0.25) is 14.4 Å². The Morgan fingerprint density at radius 3 is 0.742 bits per heavy atom. The van der Waals surface area contributed by atoms with Crippen LogP contribution in [0.2, 0.25) is 0 Å². The van der Waals surface area contributed by atoms with Crippen LogP contribution in [-0.4, -0.2) is 37.2 Å². The van der Waals surface area contributed by atoms with E-state index < -0.39 is 6.10 Å². The van der Waals surface area contributed by atoms with Crippen LogP contribution in [0.4, 0.5) is 0 Å². The van der Waals surface area contributed by atoms with Gasteiger partial charge in [-0.05, 0) is 31.1 Å². The molecule has 0 unspecified atom stereocenters. The standard InChI is InChI=1S/C60H116O6/c1-6-7-8-9-10-11-12-19-26-32-37-42-47-52-60(63)66-57(54-65-59(62)51-46-41-36-31-27-22-24-29-34-39-44-49-56(4)5)53-64-58(61)50-45-40-35-30-25-21-18-16-14-13-15-17-20-23-28-33-38-43-48-55(2)3/h55-57H,6-54H2,1-5H3/t57-/m0/s1. The van der Waals surface area contributed by atoms with Crippen LogP contribution in [0, 0.1) is 11.8 Å². The van der Waals surface area contributed by atoms with E-state index in [-0.39, 0.29) is 31.1 Å². The lowest BCUT2D eigenvalue weighted by molar-refractivity contribution is -0.167. The van der Waals surface area contributed by atoms with Crippen LogP contribution in [0.1, 0.15) is 336 Å². The molecule has 6 heteroatoms. The zero-order valence-electron chi connectivity index (χ0n) is 45.3. The predicted octanol–water partition coefficient (Wildman–Crippen LogP) is 19.7. The number of ether oxygens (including phenoxy) is 3. The van der Waals surface area contributed by atoms with E-state index in [1.165, 1.54) is 225 Å². The van der Waals surface area contributed by atoms with Crippen LogP contribution >= 0.6 is 0 Å². The summed E-state index contributed by atoms with van der Waals surface area (Å²) in [5.74, 6) is 0.848. The second-order valence-electron chi connectivity index (χ2n) is 21.6. The Hall–Kier alpha value is -1.59. The molecule has 392 valence electrons. The van der Waals surface area contributed by atoms with Crippen molar-refractivity contribution in [3.05, 3.63) is 0 Å². The molecule has 0 amide bonds. The third-order valence-corrected chi connectivity index (χ3v) is 13.7. The van der Waals surface area contributed by atoms with Crippen LogP contribution in [0.3, 0.4) is 0 Å². The number of esters is 3. The van der Waals surface area contributed by atoms with Crippen molar-refractivity contribution in [3.8, 4) is 0 Å². The third kappa shape index (κ3) is 53.4. The average molecular weight is 934 g/mol. The van der Waals surface area contributed by atoms with Crippen LogP contribution in [0.25, 0.3) is 0 Å². The maximum atomic E-state index is 12.8. The Morgan fingerprint density at radius 2 is 0.500 bits per heavy atom. The van der Waals surface area contributed by atoms with E-state index in [4.69, 9.17) is 14.2 Å². The fraction of sp³-hybridized carbons (Fsp3) is 0.950. The number of hydrogen-bond acceptors (Lipinski definition) is 6. The zero-order chi connectivity index (χ0) is 48.2. The summed E-state index contributed by atoms with van der Waals surface area (Å²) in [7, 11) is 0. The molecule has 1 atom stereocenters. The van der Waals surface area contributed by atoms with Gasteiger partial charge in [-0.25, -0.2) is 0 Å². The van der Waals surface area contributed by atoms with Gasteiger partial charge in [0.05, 0.1) is 0 Å². The first-order chi connectivity index (χ1) is 32.2. The normalized spacial score (nSPS) is 12.0. The van der Waals surface area contributed by atoms with E-state index in [9.17, 15) is 14.4 Å². The van der Waals surface area contributed by atoms with Crippen molar-refractivity contribution in [1.82, 2.24) is 0 Å². The van der Waals surface area contributed by atoms with Crippen LogP contribution in [-0.2, 0) is 28.6 Å². The lowest BCUT2D eigenvalue weighted by Crippen LogP contribution is -2.30. The van der Waals surface area contributed by atoms with Crippen LogP contribution in [0.5, 0.6) is 0 Å². The smallest absolute Gasteiger partial charge is 0.306 e. The Balaban J connectivity index is 4.23. The largest absolute Gasteiger partial charge is 0.462 e. The van der Waals surface area contributed by atoms with Gasteiger partial charge in [-0.1, -0.05) is 298 Å². The van der Waals surface area contributed by atoms with Crippen molar-refractivity contribution in [2.24, 2.45) is 11.8 Å². The van der Waals surface area contributed by atoms with Gasteiger partial charge in [-0.15, -0.1) is 0 Å². The fourth-order valence-electron chi connectivity index (χ4n) is 9.23. The van der Waals surface area contributed by atoms with Gasteiger partial charge >= 0.3 is 17.9 Å². The summed E-state index contributed by atoms with van der Waals surface area (Å²) in [6, 6.07) is 0. The summed E-state index contributed by atoms with van der Waals surface area (Å²) < 4.78 is 16.9. The molecule has 6 nitrogen and oxygen atoms in total. The summed E-state index contributed by atoms with van der Waals surface area (Å²) in [6.45, 7) is 11.4. The maximum absolute atomic E-state index is 12.8. The monoisotopic (exact) mass is 933 g/mol. The quantitative estimate of drug-likeness (QED) is 0.0343. The van der Waals surface area contributed by atoms with E-state index in [1.807, 2.05) is 0 Å². The zero-order valence-corrected chi connectivity index (χ0v) is 45.3. The first-order valence-electron chi connectivity index (χ1n) is 29.7. The topological polar surface area (TPSA) is 78.9 Å². The highest BCUT2D eigenvalue weighted by Crippen LogP contribution is 2.18. The molecule has 0 aliphatic rings. The maximum Gasteiger partial charge on any atom is 0.306 e. The van der Waals surface area contributed by atoms with Crippen LogP contribution < -0.4 is 0 Å². The van der Waals surface area contributed by atoms with Crippen molar-refractivity contribution in [2.45, 2.75) is 343 Å². The second-order valence-corrected chi connectivity index (χ2v) is 21.6. The molecule has 0 N–H and O–H groups in total. The minimum Gasteiger partial charge on any atom is -0.462 e. The van der Waals surface area contributed by atoms with Gasteiger partial charge in [-0.2, -0.15) is 0 Å². The molecule has 0 spiro atoms. The molecular weight excluding hydrogens is 817 g/mol. The molecule has 0 aliphatic carbocycles. The molecule has 0 rings (SSSR count). The molecule has 66 heavy (non-hydrogen) atoms. The molecule has 0 fully saturated rings. The number of carbonyl (C=O) groups is 3. The van der Waals surface area contributed by atoms with Gasteiger partial charge in [0.2, 0.25) is 0 Å². The van der Waals surface area contributed by atoms with Gasteiger partial charge in [0.15, 0.2) is 6.10 Å². The fourth-order valence-corrected chi connectivity index (χ4v) is 9.23. The third-order valence-electron chi connectivity index (χ3n) is 13.7. The van der Waals surface area contributed by atoms with E-state index in [0.29, 0.717) is 19.3 Å². The van der Waals surface area contributed by atoms with E-state index in [2.05, 4.69) is 34.6 Å². The summed E-state index contributed by atoms with van der Waals surface area (Å²) in [5.41, 5.74) is 0. The van der Waals surface area contributed by atoms with Crippen molar-refractivity contribution < 1.29 is 28.6 Å². The molecule has 0 bridgehead atoms. The summed E-state index contributed by atoms with van der Waals surface area (Å²) in [5, 5.41) is 0. The Kier molecular flexibility index (Phi) is 51.5. The van der Waals surface area contributed by atoms with Crippen molar-refractivity contribution in [3.63, 3.8) is 0 Å². The molecule has 0 aromatic rings. The van der Waals surface area contributed by atoms with E-state index >= 15 is 0 Å². The van der Waals surface area contributed by atoms with Gasteiger partial charge in [0.1, 0.15) is 13.2 Å². The highest BCUT2D eigenvalue weighted by molar-refractivity contribution is 5.71. The van der Waals surface area contributed by atoms with E-state index in [1.54, 1.807) is 0 Å². The van der Waals surface area contributed by atoms with Gasteiger partial charge < -0.3 is 14.2 Å². The number of rotatable bonds is 54. The molecule has 0 heterocycles. The molecule has 0 aliphatic heterocycles. The van der Waals surface area contributed by atoms with Gasteiger partial charge in [0.25, 0.3) is 0 Å². The highest BCUT2D eigenvalue weighted by atomic mass is 16.6. The lowest BCUT2D eigenvalue weighted by atomic mass is 10.0. The SMILES string of the molecule is CCCCCCCCCCCCCCCC(=O)O[C@@H](COC(=O)CCCCCCCCCCCCCCCCCCCCC(C)C)COC(=O)CCCCCCCCCCCCCC(C)C. The number of carbonyl (C=O) groups excluding carboxylic acids is 3. The van der Waals surface area contributed by atoms with Crippen molar-refractivity contribution >= 4 is 17.9 Å². The molecule has 0 aromatic heterocycles. The average Bonchev–Trinajstić information content (AvgIpc) is 3.29. The molecule has 0 saturated heterocycles.